The molecule has 0 radical (unpaired) electrons. The van der Waals surface area contributed by atoms with Crippen LogP contribution in [0.4, 0.5) is 0 Å². The molecular formula is C15H27N3O. The Balaban J connectivity index is 1.48. The van der Waals surface area contributed by atoms with Crippen molar-refractivity contribution in [2.45, 2.75) is 51.1 Å². The van der Waals surface area contributed by atoms with Crippen molar-refractivity contribution in [2.75, 3.05) is 32.7 Å². The van der Waals surface area contributed by atoms with Gasteiger partial charge in [0, 0.05) is 44.2 Å². The SMILES string of the molecule is C[C@H]1C[C@@H](C(=O)N2CCN(C3CCC3)CC2)CCN1. The molecule has 3 fully saturated rings. The summed E-state index contributed by atoms with van der Waals surface area (Å²) in [5, 5.41) is 3.43. The molecule has 0 unspecified atom stereocenters. The molecule has 2 heterocycles. The van der Waals surface area contributed by atoms with E-state index in [-0.39, 0.29) is 5.92 Å². The fraction of sp³-hybridized carbons (Fsp3) is 0.933. The Morgan fingerprint density at radius 1 is 1.11 bits per heavy atom. The predicted octanol–water partition coefficient (Wildman–Crippen LogP) is 1.07. The molecule has 0 spiro atoms. The minimum absolute atomic E-state index is 0.270. The van der Waals surface area contributed by atoms with Crippen LogP contribution in [0.2, 0.25) is 0 Å². The van der Waals surface area contributed by atoms with Gasteiger partial charge >= 0.3 is 0 Å². The van der Waals surface area contributed by atoms with Gasteiger partial charge in [-0.2, -0.15) is 0 Å². The molecule has 1 aliphatic carbocycles. The number of nitrogens with one attached hydrogen (secondary N) is 1. The molecule has 0 aromatic heterocycles. The number of rotatable bonds is 2. The maximum atomic E-state index is 12.5. The maximum absolute atomic E-state index is 12.5. The van der Waals surface area contributed by atoms with E-state index in [1.165, 1.54) is 19.3 Å². The molecule has 4 nitrogen and oxygen atoms in total. The van der Waals surface area contributed by atoms with Gasteiger partial charge in [0.25, 0.3) is 0 Å². The molecule has 0 aromatic rings. The molecule has 2 saturated heterocycles. The summed E-state index contributed by atoms with van der Waals surface area (Å²) in [4.78, 5) is 17.3. The van der Waals surface area contributed by atoms with Crippen LogP contribution in [0, 0.1) is 5.92 Å². The number of hydrogen-bond acceptors (Lipinski definition) is 3. The highest BCUT2D eigenvalue weighted by Crippen LogP contribution is 2.26. The normalized spacial score (nSPS) is 34.1. The lowest BCUT2D eigenvalue weighted by molar-refractivity contribution is -0.139. The van der Waals surface area contributed by atoms with Gasteiger partial charge in [-0.05, 0) is 39.2 Å². The molecule has 4 heteroatoms. The van der Waals surface area contributed by atoms with Gasteiger partial charge in [-0.15, -0.1) is 0 Å². The van der Waals surface area contributed by atoms with E-state index < -0.39 is 0 Å². The van der Waals surface area contributed by atoms with E-state index in [0.717, 1.165) is 51.6 Å². The van der Waals surface area contributed by atoms with Crippen molar-refractivity contribution < 1.29 is 4.79 Å². The van der Waals surface area contributed by atoms with Crippen LogP contribution >= 0.6 is 0 Å². The first-order valence-electron chi connectivity index (χ1n) is 8.00. The Bertz CT molecular complexity index is 321. The zero-order valence-electron chi connectivity index (χ0n) is 12.1. The lowest BCUT2D eigenvalue weighted by Crippen LogP contribution is -2.55. The van der Waals surface area contributed by atoms with E-state index in [9.17, 15) is 4.79 Å². The summed E-state index contributed by atoms with van der Waals surface area (Å²) in [6.45, 7) is 7.28. The number of nitrogens with zero attached hydrogens (tertiary/aromatic N) is 2. The molecule has 2 atom stereocenters. The number of hydrogen-bond donors (Lipinski definition) is 1. The van der Waals surface area contributed by atoms with Crippen LogP contribution in [0.1, 0.15) is 39.0 Å². The van der Waals surface area contributed by atoms with Crippen LogP contribution in [0.5, 0.6) is 0 Å². The first-order chi connectivity index (χ1) is 9.24. The predicted molar refractivity (Wildman–Crippen MR) is 76.0 cm³/mol. The molecular weight excluding hydrogens is 238 g/mol. The first kappa shape index (κ1) is 13.4. The molecule has 2 aliphatic heterocycles. The number of amides is 1. The topological polar surface area (TPSA) is 35.6 Å². The van der Waals surface area contributed by atoms with Crippen LogP contribution in [0.3, 0.4) is 0 Å². The summed E-state index contributed by atoms with van der Waals surface area (Å²) in [7, 11) is 0. The lowest BCUT2D eigenvalue weighted by Gasteiger charge is -2.44. The third kappa shape index (κ3) is 2.95. The van der Waals surface area contributed by atoms with Gasteiger partial charge in [-0.25, -0.2) is 0 Å². The molecule has 1 saturated carbocycles. The van der Waals surface area contributed by atoms with Crippen molar-refractivity contribution in [3.8, 4) is 0 Å². The fourth-order valence-corrected chi connectivity index (χ4v) is 3.67. The monoisotopic (exact) mass is 265 g/mol. The molecule has 0 aromatic carbocycles. The molecule has 108 valence electrons. The Kier molecular flexibility index (Phi) is 4.08. The van der Waals surface area contributed by atoms with Gasteiger partial charge in [0.15, 0.2) is 0 Å². The van der Waals surface area contributed by atoms with Gasteiger partial charge in [-0.3, -0.25) is 9.69 Å². The van der Waals surface area contributed by atoms with Crippen LogP contribution in [0.25, 0.3) is 0 Å². The van der Waals surface area contributed by atoms with E-state index in [4.69, 9.17) is 0 Å². The number of carbonyl (C=O) groups excluding carboxylic acids is 1. The van der Waals surface area contributed by atoms with Crippen LogP contribution in [-0.4, -0.2) is 60.5 Å². The maximum Gasteiger partial charge on any atom is 0.225 e. The first-order valence-corrected chi connectivity index (χ1v) is 8.00. The number of carbonyl (C=O) groups is 1. The highest BCUT2D eigenvalue weighted by atomic mass is 16.2. The summed E-state index contributed by atoms with van der Waals surface area (Å²) in [6, 6.07) is 1.33. The Morgan fingerprint density at radius 2 is 1.84 bits per heavy atom. The van der Waals surface area contributed by atoms with Crippen molar-refractivity contribution >= 4 is 5.91 Å². The average molecular weight is 265 g/mol. The Labute approximate surface area is 116 Å². The van der Waals surface area contributed by atoms with Crippen LogP contribution in [-0.2, 0) is 4.79 Å². The Morgan fingerprint density at radius 3 is 2.42 bits per heavy atom. The van der Waals surface area contributed by atoms with Crippen molar-refractivity contribution in [1.82, 2.24) is 15.1 Å². The molecule has 3 aliphatic rings. The van der Waals surface area contributed by atoms with Gasteiger partial charge < -0.3 is 10.2 Å². The van der Waals surface area contributed by atoms with Crippen molar-refractivity contribution in [2.24, 2.45) is 5.92 Å². The Hall–Kier alpha value is -0.610. The van der Waals surface area contributed by atoms with Gasteiger partial charge in [0.05, 0.1) is 0 Å². The summed E-state index contributed by atoms with van der Waals surface area (Å²) in [5.74, 6) is 0.688. The van der Waals surface area contributed by atoms with E-state index in [1.807, 2.05) is 0 Å². The van der Waals surface area contributed by atoms with Crippen molar-refractivity contribution in [3.63, 3.8) is 0 Å². The second-order valence-electron chi connectivity index (χ2n) is 6.52. The molecule has 1 amide bonds. The van der Waals surface area contributed by atoms with Crippen LogP contribution < -0.4 is 5.32 Å². The third-order valence-electron chi connectivity index (χ3n) is 5.19. The summed E-state index contributed by atoms with van der Waals surface area (Å²) >= 11 is 0. The number of piperazine rings is 1. The van der Waals surface area contributed by atoms with E-state index in [0.29, 0.717) is 11.9 Å². The second-order valence-corrected chi connectivity index (χ2v) is 6.52. The molecule has 0 bridgehead atoms. The lowest BCUT2D eigenvalue weighted by atomic mass is 9.90. The molecule has 1 N–H and O–H groups in total. The van der Waals surface area contributed by atoms with Gasteiger partial charge in [-0.1, -0.05) is 6.42 Å². The standard InChI is InChI=1S/C15H27N3O/c1-12-11-13(5-6-16-12)15(19)18-9-7-17(8-10-18)14-3-2-4-14/h12-14,16H,2-11H2,1H3/t12-,13-/m0/s1. The van der Waals surface area contributed by atoms with Crippen molar-refractivity contribution in [1.29, 1.82) is 0 Å². The molecule has 19 heavy (non-hydrogen) atoms. The summed E-state index contributed by atoms with van der Waals surface area (Å²) in [5.41, 5.74) is 0. The summed E-state index contributed by atoms with van der Waals surface area (Å²) in [6.07, 6.45) is 6.18. The third-order valence-corrected chi connectivity index (χ3v) is 5.19. The van der Waals surface area contributed by atoms with Crippen molar-refractivity contribution in [3.05, 3.63) is 0 Å². The number of piperidine rings is 1. The minimum atomic E-state index is 0.270. The largest absolute Gasteiger partial charge is 0.340 e. The average Bonchev–Trinajstić information content (AvgIpc) is 2.37. The zero-order chi connectivity index (χ0) is 13.2. The highest BCUT2D eigenvalue weighted by molar-refractivity contribution is 5.79. The zero-order valence-corrected chi connectivity index (χ0v) is 12.1. The minimum Gasteiger partial charge on any atom is -0.340 e. The van der Waals surface area contributed by atoms with E-state index in [2.05, 4.69) is 22.0 Å². The second kappa shape index (κ2) is 5.80. The molecule has 3 rings (SSSR count). The highest BCUT2D eigenvalue weighted by Gasteiger charge is 2.33. The quantitative estimate of drug-likeness (QED) is 0.811. The van der Waals surface area contributed by atoms with Gasteiger partial charge in [0.2, 0.25) is 5.91 Å². The fourth-order valence-electron chi connectivity index (χ4n) is 3.67. The van der Waals surface area contributed by atoms with E-state index in [1.54, 1.807) is 0 Å². The van der Waals surface area contributed by atoms with E-state index >= 15 is 0 Å². The van der Waals surface area contributed by atoms with Crippen LogP contribution in [0.15, 0.2) is 0 Å². The van der Waals surface area contributed by atoms with Gasteiger partial charge in [0.1, 0.15) is 0 Å². The smallest absolute Gasteiger partial charge is 0.225 e. The summed E-state index contributed by atoms with van der Waals surface area (Å²) < 4.78 is 0.